The van der Waals surface area contributed by atoms with Crippen molar-refractivity contribution in [2.75, 3.05) is 0 Å². The predicted molar refractivity (Wildman–Crippen MR) is 57.8 cm³/mol. The molecule has 0 aliphatic rings. The van der Waals surface area contributed by atoms with E-state index in [1.807, 2.05) is 0 Å². The summed E-state index contributed by atoms with van der Waals surface area (Å²) in [4.78, 5) is 3.92. The summed E-state index contributed by atoms with van der Waals surface area (Å²) >= 11 is 0. The zero-order chi connectivity index (χ0) is 13.3. The predicted octanol–water partition coefficient (Wildman–Crippen LogP) is 1.87. The zero-order valence-electron chi connectivity index (χ0n) is 9.59. The van der Waals surface area contributed by atoms with Gasteiger partial charge in [0.1, 0.15) is 0 Å². The van der Waals surface area contributed by atoms with Gasteiger partial charge in [-0.15, -0.1) is 0 Å². The zero-order valence-corrected chi connectivity index (χ0v) is 9.59. The average molecular weight is 259 g/mol. The Balaban J connectivity index is 2.14. The minimum Gasteiger partial charge on any atom is -0.379 e. The molecule has 0 aromatic carbocycles. The number of hydrogen-bond acceptors (Lipinski definition) is 2. The molecule has 2 aromatic rings. The molecule has 18 heavy (non-hydrogen) atoms. The highest BCUT2D eigenvalue weighted by molar-refractivity contribution is 5.16. The van der Waals surface area contributed by atoms with E-state index in [1.165, 1.54) is 18.5 Å². The highest BCUT2D eigenvalue weighted by Gasteiger charge is 2.39. The first-order valence-electron chi connectivity index (χ1n) is 5.23. The van der Waals surface area contributed by atoms with Crippen LogP contribution in [0.25, 0.3) is 0 Å². The van der Waals surface area contributed by atoms with Gasteiger partial charge in [0, 0.05) is 31.2 Å². The van der Waals surface area contributed by atoms with Crippen LogP contribution in [-0.4, -0.2) is 25.4 Å². The molecule has 0 radical (unpaired) electrons. The Morgan fingerprint density at radius 3 is 2.72 bits per heavy atom. The van der Waals surface area contributed by atoms with Crippen LogP contribution in [0.1, 0.15) is 17.4 Å². The number of nitrogens with zero attached hydrogens (tertiary/aromatic N) is 3. The molecule has 1 unspecified atom stereocenters. The van der Waals surface area contributed by atoms with Crippen molar-refractivity contribution >= 4 is 0 Å². The van der Waals surface area contributed by atoms with Crippen LogP contribution in [0.2, 0.25) is 0 Å². The SMILES string of the molecule is Cn1cncc1Cn1ccc(C(O)C(F)(F)F)c1. The smallest absolute Gasteiger partial charge is 0.379 e. The summed E-state index contributed by atoms with van der Waals surface area (Å²) in [7, 11) is 1.80. The molecule has 2 heterocycles. The number of aryl methyl sites for hydroxylation is 1. The van der Waals surface area contributed by atoms with Crippen LogP contribution in [0, 0.1) is 0 Å². The van der Waals surface area contributed by atoms with Gasteiger partial charge in [0.15, 0.2) is 6.10 Å². The monoisotopic (exact) mass is 259 g/mol. The maximum absolute atomic E-state index is 12.3. The van der Waals surface area contributed by atoms with E-state index in [0.717, 1.165) is 5.69 Å². The van der Waals surface area contributed by atoms with Crippen LogP contribution in [-0.2, 0) is 13.6 Å². The lowest BCUT2D eigenvalue weighted by molar-refractivity contribution is -0.206. The molecule has 0 spiro atoms. The molecule has 98 valence electrons. The second-order valence-electron chi connectivity index (χ2n) is 4.06. The van der Waals surface area contributed by atoms with E-state index in [9.17, 15) is 13.2 Å². The van der Waals surface area contributed by atoms with E-state index in [1.54, 1.807) is 28.7 Å². The van der Waals surface area contributed by atoms with Gasteiger partial charge in [-0.2, -0.15) is 13.2 Å². The molecule has 2 rings (SSSR count). The Morgan fingerprint density at radius 2 is 2.17 bits per heavy atom. The van der Waals surface area contributed by atoms with Crippen molar-refractivity contribution in [1.82, 2.24) is 14.1 Å². The molecule has 1 N–H and O–H groups in total. The lowest BCUT2D eigenvalue weighted by Gasteiger charge is -2.12. The second kappa shape index (κ2) is 4.49. The van der Waals surface area contributed by atoms with Crippen molar-refractivity contribution in [1.29, 1.82) is 0 Å². The van der Waals surface area contributed by atoms with Gasteiger partial charge in [-0.25, -0.2) is 4.98 Å². The van der Waals surface area contributed by atoms with Crippen molar-refractivity contribution in [2.45, 2.75) is 18.8 Å². The van der Waals surface area contributed by atoms with Crippen LogP contribution >= 0.6 is 0 Å². The first kappa shape index (κ1) is 12.7. The van der Waals surface area contributed by atoms with Gasteiger partial charge < -0.3 is 14.2 Å². The highest BCUT2D eigenvalue weighted by Crippen LogP contribution is 2.32. The van der Waals surface area contributed by atoms with Gasteiger partial charge in [-0.1, -0.05) is 0 Å². The summed E-state index contributed by atoms with van der Waals surface area (Å²) in [6.07, 6.45) is -1.05. The van der Waals surface area contributed by atoms with Crippen molar-refractivity contribution in [3.63, 3.8) is 0 Å². The quantitative estimate of drug-likeness (QED) is 0.914. The summed E-state index contributed by atoms with van der Waals surface area (Å²) in [5, 5.41) is 9.10. The lowest BCUT2D eigenvalue weighted by Crippen LogP contribution is -2.19. The normalized spacial score (nSPS) is 13.8. The molecule has 0 aliphatic carbocycles. The Hall–Kier alpha value is -1.76. The van der Waals surface area contributed by atoms with Gasteiger partial charge in [-0.05, 0) is 6.07 Å². The molecular formula is C11H12F3N3O. The Labute approximate surface area is 101 Å². The van der Waals surface area contributed by atoms with E-state index < -0.39 is 12.3 Å². The Morgan fingerprint density at radius 1 is 1.44 bits per heavy atom. The van der Waals surface area contributed by atoms with Crippen molar-refractivity contribution in [2.24, 2.45) is 7.05 Å². The van der Waals surface area contributed by atoms with Gasteiger partial charge in [0.2, 0.25) is 0 Å². The topological polar surface area (TPSA) is 43.0 Å². The number of imidazole rings is 1. The minimum atomic E-state index is -4.64. The van der Waals surface area contributed by atoms with Crippen LogP contribution < -0.4 is 0 Å². The molecule has 2 aromatic heterocycles. The van der Waals surface area contributed by atoms with E-state index in [-0.39, 0.29) is 5.56 Å². The third-order valence-electron chi connectivity index (χ3n) is 2.66. The molecule has 7 heteroatoms. The van der Waals surface area contributed by atoms with Crippen LogP contribution in [0.5, 0.6) is 0 Å². The largest absolute Gasteiger partial charge is 0.418 e. The van der Waals surface area contributed by atoms with Gasteiger partial charge in [0.25, 0.3) is 0 Å². The highest BCUT2D eigenvalue weighted by atomic mass is 19.4. The summed E-state index contributed by atoms with van der Waals surface area (Å²) in [5.41, 5.74) is 0.698. The average Bonchev–Trinajstić information content (AvgIpc) is 2.87. The number of rotatable bonds is 3. The Bertz CT molecular complexity index is 530. The number of hydrogen-bond donors (Lipinski definition) is 1. The number of aromatic nitrogens is 3. The van der Waals surface area contributed by atoms with Crippen LogP contribution in [0.15, 0.2) is 31.0 Å². The maximum atomic E-state index is 12.3. The van der Waals surface area contributed by atoms with Gasteiger partial charge in [0.05, 0.1) is 18.6 Å². The summed E-state index contributed by atoms with van der Waals surface area (Å²) < 4.78 is 40.3. The van der Waals surface area contributed by atoms with E-state index in [0.29, 0.717) is 6.54 Å². The molecule has 0 bridgehead atoms. The maximum Gasteiger partial charge on any atom is 0.418 e. The third kappa shape index (κ3) is 2.56. The number of aliphatic hydroxyl groups is 1. The second-order valence-corrected chi connectivity index (χ2v) is 4.06. The molecule has 0 fully saturated rings. The van der Waals surface area contributed by atoms with Crippen molar-refractivity contribution in [3.8, 4) is 0 Å². The fourth-order valence-corrected chi connectivity index (χ4v) is 1.63. The molecule has 0 amide bonds. The summed E-state index contributed by atoms with van der Waals surface area (Å²) in [5.74, 6) is 0. The molecule has 1 atom stereocenters. The van der Waals surface area contributed by atoms with Crippen molar-refractivity contribution < 1.29 is 18.3 Å². The summed E-state index contributed by atoms with van der Waals surface area (Å²) in [6, 6.07) is 1.26. The van der Waals surface area contributed by atoms with Gasteiger partial charge in [-0.3, -0.25) is 0 Å². The van der Waals surface area contributed by atoms with E-state index in [2.05, 4.69) is 4.98 Å². The fourth-order valence-electron chi connectivity index (χ4n) is 1.63. The van der Waals surface area contributed by atoms with Crippen LogP contribution in [0.3, 0.4) is 0 Å². The lowest BCUT2D eigenvalue weighted by atomic mass is 10.2. The molecule has 4 nitrogen and oxygen atoms in total. The van der Waals surface area contributed by atoms with E-state index >= 15 is 0 Å². The summed E-state index contributed by atoms with van der Waals surface area (Å²) in [6.45, 7) is 0.404. The van der Waals surface area contributed by atoms with E-state index in [4.69, 9.17) is 5.11 Å². The van der Waals surface area contributed by atoms with Crippen LogP contribution in [0.4, 0.5) is 13.2 Å². The molecule has 0 saturated carbocycles. The standard InChI is InChI=1S/C11H12F3N3O/c1-16-7-15-4-9(16)6-17-3-2-8(5-17)10(18)11(12,13)14/h2-5,7,10,18H,6H2,1H3. The first-order chi connectivity index (χ1) is 8.38. The minimum absolute atomic E-state index is 0.162. The van der Waals surface area contributed by atoms with Crippen molar-refractivity contribution in [3.05, 3.63) is 42.2 Å². The molecule has 0 saturated heterocycles. The number of alkyl halides is 3. The molecular weight excluding hydrogens is 247 g/mol. The molecule has 0 aliphatic heterocycles. The third-order valence-corrected chi connectivity index (χ3v) is 2.66. The fraction of sp³-hybridized carbons (Fsp3) is 0.364. The van der Waals surface area contributed by atoms with Gasteiger partial charge >= 0.3 is 6.18 Å². The number of halogens is 3. The number of aliphatic hydroxyl groups excluding tert-OH is 1. The first-order valence-corrected chi connectivity index (χ1v) is 5.23. The Kier molecular flexibility index (Phi) is 3.16.